The lowest BCUT2D eigenvalue weighted by atomic mass is 9.84. The third kappa shape index (κ3) is 3.60. The van der Waals surface area contributed by atoms with Gasteiger partial charge in [-0.05, 0) is 62.2 Å². The standard InChI is InChI=1S/C21H20F3N5O2/c22-21(23,24)18-17-14(20(31)26-16-10-29-7-5-12(16)6-8-29)9-15(25-19(17)28-27-18)11-1-3-13(30)4-2-11/h1-4,9,12,16,30H,5-8,10H2,(H,26,31)(H,25,27,28). The monoisotopic (exact) mass is 431 g/mol. The van der Waals surface area contributed by atoms with Crippen molar-refractivity contribution in [3.8, 4) is 17.0 Å². The number of aromatic amines is 1. The molecule has 0 saturated carbocycles. The number of nitrogens with zero attached hydrogens (tertiary/aromatic N) is 3. The Balaban J connectivity index is 1.58. The van der Waals surface area contributed by atoms with Crippen molar-refractivity contribution in [1.82, 2.24) is 25.4 Å². The zero-order valence-corrected chi connectivity index (χ0v) is 16.4. The van der Waals surface area contributed by atoms with Gasteiger partial charge in [-0.2, -0.15) is 18.3 Å². The molecule has 1 unspecified atom stereocenters. The summed E-state index contributed by atoms with van der Waals surface area (Å²) in [7, 11) is 0. The van der Waals surface area contributed by atoms with Crippen molar-refractivity contribution in [3.63, 3.8) is 0 Å². The van der Waals surface area contributed by atoms with Crippen molar-refractivity contribution >= 4 is 16.9 Å². The molecule has 3 fully saturated rings. The van der Waals surface area contributed by atoms with Crippen LogP contribution in [0.5, 0.6) is 5.75 Å². The Morgan fingerprint density at radius 1 is 1.19 bits per heavy atom. The van der Waals surface area contributed by atoms with Crippen molar-refractivity contribution in [3.05, 3.63) is 41.6 Å². The van der Waals surface area contributed by atoms with Crippen molar-refractivity contribution in [1.29, 1.82) is 0 Å². The highest BCUT2D eigenvalue weighted by molar-refractivity contribution is 6.07. The van der Waals surface area contributed by atoms with E-state index in [1.165, 1.54) is 18.2 Å². The van der Waals surface area contributed by atoms with E-state index >= 15 is 0 Å². The number of phenolic OH excluding ortho intramolecular Hbond substituents is 1. The minimum Gasteiger partial charge on any atom is -0.508 e. The Morgan fingerprint density at radius 3 is 2.52 bits per heavy atom. The molecule has 0 spiro atoms. The summed E-state index contributed by atoms with van der Waals surface area (Å²) < 4.78 is 40.7. The van der Waals surface area contributed by atoms with E-state index in [4.69, 9.17) is 0 Å². The number of carbonyl (C=O) groups is 1. The van der Waals surface area contributed by atoms with Crippen LogP contribution in [0.3, 0.4) is 0 Å². The number of benzene rings is 1. The molecule has 0 aliphatic carbocycles. The molecule has 1 amide bonds. The third-order valence-corrected chi connectivity index (χ3v) is 6.19. The molecule has 3 aliphatic rings. The number of carbonyl (C=O) groups excluding carboxylic acids is 1. The van der Waals surface area contributed by atoms with Gasteiger partial charge in [0.1, 0.15) is 11.4 Å². The number of hydrogen-bond donors (Lipinski definition) is 3. The quantitative estimate of drug-likeness (QED) is 0.592. The molecule has 162 valence electrons. The lowest BCUT2D eigenvalue weighted by Crippen LogP contribution is -2.57. The molecule has 3 N–H and O–H groups in total. The van der Waals surface area contributed by atoms with E-state index in [1.807, 2.05) is 5.10 Å². The van der Waals surface area contributed by atoms with Crippen molar-refractivity contribution in [2.24, 2.45) is 5.92 Å². The van der Waals surface area contributed by atoms with Gasteiger partial charge in [0, 0.05) is 18.2 Å². The highest BCUT2D eigenvalue weighted by Crippen LogP contribution is 2.36. The van der Waals surface area contributed by atoms with E-state index in [2.05, 4.69) is 20.3 Å². The first-order valence-electron chi connectivity index (χ1n) is 10.1. The van der Waals surface area contributed by atoms with Gasteiger partial charge in [0.15, 0.2) is 5.65 Å². The van der Waals surface area contributed by atoms with Gasteiger partial charge in [-0.15, -0.1) is 0 Å². The van der Waals surface area contributed by atoms with Crippen LogP contribution in [0.25, 0.3) is 22.3 Å². The molecule has 3 saturated heterocycles. The van der Waals surface area contributed by atoms with Crippen LogP contribution >= 0.6 is 0 Å². The molecule has 1 aromatic carbocycles. The van der Waals surface area contributed by atoms with Gasteiger partial charge in [-0.25, -0.2) is 4.98 Å². The Hall–Kier alpha value is -3.14. The molecule has 10 heteroatoms. The van der Waals surface area contributed by atoms with Gasteiger partial charge < -0.3 is 15.3 Å². The fourth-order valence-electron chi connectivity index (χ4n) is 4.56. The molecule has 0 radical (unpaired) electrons. The summed E-state index contributed by atoms with van der Waals surface area (Å²) >= 11 is 0. The summed E-state index contributed by atoms with van der Waals surface area (Å²) in [6.07, 6.45) is -2.77. The number of hydrogen-bond acceptors (Lipinski definition) is 5. The van der Waals surface area contributed by atoms with Crippen LogP contribution in [-0.4, -0.2) is 56.8 Å². The first kappa shape index (κ1) is 19.8. The summed E-state index contributed by atoms with van der Waals surface area (Å²) in [4.78, 5) is 19.7. The minimum atomic E-state index is -4.71. The van der Waals surface area contributed by atoms with Gasteiger partial charge in [-0.3, -0.25) is 9.89 Å². The molecule has 3 aliphatic heterocycles. The van der Waals surface area contributed by atoms with Crippen LogP contribution in [-0.2, 0) is 6.18 Å². The molecule has 3 aromatic rings. The minimum absolute atomic E-state index is 0.0456. The zero-order valence-electron chi connectivity index (χ0n) is 16.4. The van der Waals surface area contributed by atoms with E-state index in [0.29, 0.717) is 23.7 Å². The smallest absolute Gasteiger partial charge is 0.433 e. The second-order valence-corrected chi connectivity index (χ2v) is 8.11. The number of nitrogens with one attached hydrogen (secondary N) is 2. The fraction of sp³-hybridized carbons (Fsp3) is 0.381. The number of piperidine rings is 3. The number of amides is 1. The first-order chi connectivity index (χ1) is 14.8. The van der Waals surface area contributed by atoms with Gasteiger partial charge >= 0.3 is 6.18 Å². The highest BCUT2D eigenvalue weighted by Gasteiger charge is 2.39. The molecule has 6 rings (SSSR count). The molecule has 2 aromatic heterocycles. The summed E-state index contributed by atoms with van der Waals surface area (Å²) in [6, 6.07) is 7.30. The molecule has 2 bridgehead atoms. The second kappa shape index (κ2) is 7.23. The van der Waals surface area contributed by atoms with Crippen LogP contribution in [0.2, 0.25) is 0 Å². The predicted octanol–water partition coefficient (Wildman–Crippen LogP) is 3.17. The highest BCUT2D eigenvalue weighted by atomic mass is 19.4. The molecule has 31 heavy (non-hydrogen) atoms. The second-order valence-electron chi connectivity index (χ2n) is 8.11. The number of pyridine rings is 1. The average molecular weight is 431 g/mol. The normalized spacial score (nSPS) is 23.3. The average Bonchev–Trinajstić information content (AvgIpc) is 3.19. The van der Waals surface area contributed by atoms with Crippen molar-refractivity contribution in [2.75, 3.05) is 19.6 Å². The fourth-order valence-corrected chi connectivity index (χ4v) is 4.56. The zero-order chi connectivity index (χ0) is 21.8. The maximum absolute atomic E-state index is 13.6. The van der Waals surface area contributed by atoms with E-state index in [-0.39, 0.29) is 28.4 Å². The van der Waals surface area contributed by atoms with Gasteiger partial charge in [-0.1, -0.05) is 0 Å². The lowest BCUT2D eigenvalue weighted by Gasteiger charge is -2.44. The van der Waals surface area contributed by atoms with E-state index < -0.39 is 17.8 Å². The van der Waals surface area contributed by atoms with Gasteiger partial charge in [0.2, 0.25) is 0 Å². The Morgan fingerprint density at radius 2 is 1.90 bits per heavy atom. The van der Waals surface area contributed by atoms with Crippen molar-refractivity contribution in [2.45, 2.75) is 25.1 Å². The number of halogens is 3. The topological polar surface area (TPSA) is 94.1 Å². The number of fused-ring (bicyclic) bond motifs is 4. The van der Waals surface area contributed by atoms with E-state index in [0.717, 1.165) is 25.9 Å². The Bertz CT molecular complexity index is 1130. The third-order valence-electron chi connectivity index (χ3n) is 6.19. The summed E-state index contributed by atoms with van der Waals surface area (Å²) in [5, 5.41) is 17.9. The van der Waals surface area contributed by atoms with Gasteiger partial charge in [0.05, 0.1) is 16.6 Å². The van der Waals surface area contributed by atoms with Crippen LogP contribution in [0.15, 0.2) is 30.3 Å². The molecular weight excluding hydrogens is 411 g/mol. The summed E-state index contributed by atoms with van der Waals surface area (Å²) in [5.41, 5.74) is -0.547. The van der Waals surface area contributed by atoms with E-state index in [1.54, 1.807) is 12.1 Å². The largest absolute Gasteiger partial charge is 0.508 e. The molecular formula is C21H20F3N5O2. The first-order valence-corrected chi connectivity index (χ1v) is 10.1. The van der Waals surface area contributed by atoms with Crippen LogP contribution in [0.4, 0.5) is 13.2 Å². The molecule has 5 heterocycles. The molecule has 1 atom stereocenters. The van der Waals surface area contributed by atoms with E-state index in [9.17, 15) is 23.1 Å². The maximum atomic E-state index is 13.6. The number of rotatable bonds is 3. The number of phenols is 1. The predicted molar refractivity (Wildman–Crippen MR) is 106 cm³/mol. The van der Waals surface area contributed by atoms with Crippen LogP contribution in [0.1, 0.15) is 28.9 Å². The Labute approximate surface area is 175 Å². The number of H-pyrrole nitrogens is 1. The summed E-state index contributed by atoms with van der Waals surface area (Å²) in [5.74, 6) is -0.198. The SMILES string of the molecule is O=C(NC1CN2CCC1CC2)c1cc(-c2ccc(O)cc2)nc2n[nH]c(C(F)(F)F)c12. The number of aromatic hydroxyl groups is 1. The summed E-state index contributed by atoms with van der Waals surface area (Å²) in [6.45, 7) is 2.68. The van der Waals surface area contributed by atoms with Gasteiger partial charge in [0.25, 0.3) is 5.91 Å². The lowest BCUT2D eigenvalue weighted by molar-refractivity contribution is -0.139. The maximum Gasteiger partial charge on any atom is 0.433 e. The Kier molecular flexibility index (Phi) is 4.62. The number of alkyl halides is 3. The molecule has 7 nitrogen and oxygen atoms in total. The van der Waals surface area contributed by atoms with Crippen LogP contribution < -0.4 is 5.32 Å². The van der Waals surface area contributed by atoms with Crippen LogP contribution in [0, 0.1) is 5.92 Å². The number of aromatic nitrogens is 3. The van der Waals surface area contributed by atoms with Crippen molar-refractivity contribution < 1.29 is 23.1 Å².